The second kappa shape index (κ2) is 5.10. The maximum Gasteiger partial charge on any atom is 0.298 e. The Morgan fingerprint density at radius 2 is 2.44 bits per heavy atom. The van der Waals surface area contributed by atoms with Gasteiger partial charge in [0, 0.05) is 6.42 Å². The number of nitrogens with two attached hydrogens (primary N) is 2. The topological polar surface area (TPSA) is 133 Å². The van der Waals surface area contributed by atoms with Crippen molar-refractivity contribution in [3.05, 3.63) is 24.2 Å². The molecule has 2 aromatic rings. The Hall–Kier alpha value is -2.68. The van der Waals surface area contributed by atoms with Gasteiger partial charge in [0.05, 0.1) is 5.69 Å². The van der Waals surface area contributed by atoms with Crippen LogP contribution in [0.15, 0.2) is 23.6 Å². The van der Waals surface area contributed by atoms with E-state index in [9.17, 15) is 4.79 Å². The lowest BCUT2D eigenvalue weighted by Gasteiger charge is -2.06. The van der Waals surface area contributed by atoms with Gasteiger partial charge in [-0.05, 0) is 12.1 Å². The fourth-order valence-electron chi connectivity index (χ4n) is 1.52. The number of amidine groups is 1. The van der Waals surface area contributed by atoms with Crippen molar-refractivity contribution in [3.63, 3.8) is 0 Å². The standard InChI is InChI=1S/C9H11N7O2/c10-8(14-15-11)3-6-1-2-7(18-5-17)9-12-4-13-16(6)9/h1-2,4-5,15H,3,11H2,(H2,10,14). The summed E-state index contributed by atoms with van der Waals surface area (Å²) in [5.74, 6) is 5.64. The molecule has 2 aromatic heterocycles. The maximum absolute atomic E-state index is 10.3. The third-order valence-electron chi connectivity index (χ3n) is 2.21. The van der Waals surface area contributed by atoms with Crippen molar-refractivity contribution in [2.24, 2.45) is 16.7 Å². The van der Waals surface area contributed by atoms with Gasteiger partial charge in [-0.1, -0.05) is 0 Å². The highest BCUT2D eigenvalue weighted by Gasteiger charge is 2.10. The van der Waals surface area contributed by atoms with Gasteiger partial charge in [-0.3, -0.25) is 4.79 Å². The summed E-state index contributed by atoms with van der Waals surface area (Å²) in [6, 6.07) is 3.32. The first-order valence-electron chi connectivity index (χ1n) is 4.96. The van der Waals surface area contributed by atoms with Gasteiger partial charge in [0.15, 0.2) is 11.4 Å². The zero-order chi connectivity index (χ0) is 13.0. The molecule has 0 aliphatic carbocycles. The second-order valence-electron chi connectivity index (χ2n) is 3.31. The molecule has 0 radical (unpaired) electrons. The number of aromatic nitrogens is 3. The largest absolute Gasteiger partial charge is 0.425 e. The van der Waals surface area contributed by atoms with E-state index < -0.39 is 0 Å². The molecule has 0 aromatic carbocycles. The molecule has 0 spiro atoms. The van der Waals surface area contributed by atoms with Crippen LogP contribution in [0.4, 0.5) is 0 Å². The summed E-state index contributed by atoms with van der Waals surface area (Å²) < 4.78 is 6.30. The van der Waals surface area contributed by atoms with E-state index in [1.54, 1.807) is 12.1 Å². The van der Waals surface area contributed by atoms with Crippen molar-refractivity contribution in [1.82, 2.24) is 20.1 Å². The van der Waals surface area contributed by atoms with Crippen molar-refractivity contribution < 1.29 is 9.53 Å². The molecule has 0 saturated heterocycles. The maximum atomic E-state index is 10.3. The Morgan fingerprint density at radius 3 is 3.17 bits per heavy atom. The van der Waals surface area contributed by atoms with Crippen LogP contribution in [0.25, 0.3) is 5.65 Å². The highest BCUT2D eigenvalue weighted by atomic mass is 16.5. The minimum Gasteiger partial charge on any atom is -0.425 e. The van der Waals surface area contributed by atoms with Gasteiger partial charge >= 0.3 is 0 Å². The lowest BCUT2D eigenvalue weighted by atomic mass is 10.2. The van der Waals surface area contributed by atoms with Crippen LogP contribution < -0.4 is 21.8 Å². The molecule has 2 heterocycles. The number of ether oxygens (including phenoxy) is 1. The van der Waals surface area contributed by atoms with Crippen molar-refractivity contribution in [2.75, 3.05) is 0 Å². The lowest BCUT2D eigenvalue weighted by Crippen LogP contribution is -2.24. The van der Waals surface area contributed by atoms with E-state index in [0.29, 0.717) is 30.1 Å². The first-order chi connectivity index (χ1) is 8.76. The normalized spacial score (nSPS) is 11.5. The number of carbonyl (C=O) groups excluding carboxylic acids is 1. The number of hydrazine groups is 1. The number of fused-ring (bicyclic) bond motifs is 1. The molecule has 0 fully saturated rings. The molecule has 0 aliphatic heterocycles. The van der Waals surface area contributed by atoms with E-state index in [1.165, 1.54) is 10.8 Å². The van der Waals surface area contributed by atoms with Gasteiger partial charge in [0.1, 0.15) is 12.2 Å². The Kier molecular flexibility index (Phi) is 3.34. The van der Waals surface area contributed by atoms with Crippen LogP contribution in [0.3, 0.4) is 0 Å². The third kappa shape index (κ3) is 2.20. The fraction of sp³-hybridized carbons (Fsp3) is 0.111. The van der Waals surface area contributed by atoms with Crippen LogP contribution in [0.2, 0.25) is 0 Å². The van der Waals surface area contributed by atoms with E-state index in [-0.39, 0.29) is 0 Å². The van der Waals surface area contributed by atoms with Crippen molar-refractivity contribution >= 4 is 18.0 Å². The summed E-state index contributed by atoms with van der Waals surface area (Å²) in [4.78, 5) is 14.3. The minimum atomic E-state index is 0.290. The van der Waals surface area contributed by atoms with Gasteiger partial charge in [-0.15, -0.1) is 0 Å². The summed E-state index contributed by atoms with van der Waals surface area (Å²) in [7, 11) is 0. The highest BCUT2D eigenvalue weighted by molar-refractivity contribution is 5.82. The van der Waals surface area contributed by atoms with Crippen LogP contribution in [-0.4, -0.2) is 26.9 Å². The minimum absolute atomic E-state index is 0.290. The van der Waals surface area contributed by atoms with Crippen molar-refractivity contribution in [2.45, 2.75) is 6.42 Å². The van der Waals surface area contributed by atoms with Gasteiger partial charge in [0.2, 0.25) is 0 Å². The average Bonchev–Trinajstić information content (AvgIpc) is 2.82. The molecule has 0 atom stereocenters. The summed E-state index contributed by atoms with van der Waals surface area (Å²) in [5.41, 5.74) is 8.90. The molecule has 18 heavy (non-hydrogen) atoms. The number of hydrogen-bond donors (Lipinski definition) is 3. The predicted molar refractivity (Wildman–Crippen MR) is 62.3 cm³/mol. The smallest absolute Gasteiger partial charge is 0.298 e. The van der Waals surface area contributed by atoms with Gasteiger partial charge in [-0.2, -0.15) is 10.2 Å². The first-order valence-corrected chi connectivity index (χ1v) is 4.96. The molecule has 2 rings (SSSR count). The lowest BCUT2D eigenvalue weighted by molar-refractivity contribution is -0.120. The van der Waals surface area contributed by atoms with Crippen LogP contribution in [0.1, 0.15) is 5.69 Å². The average molecular weight is 249 g/mol. The second-order valence-corrected chi connectivity index (χ2v) is 3.31. The Morgan fingerprint density at radius 1 is 1.61 bits per heavy atom. The van der Waals surface area contributed by atoms with Crippen LogP contribution in [-0.2, 0) is 11.2 Å². The molecule has 9 nitrogen and oxygen atoms in total. The van der Waals surface area contributed by atoms with E-state index in [2.05, 4.69) is 20.7 Å². The predicted octanol–water partition coefficient (Wildman–Crippen LogP) is -1.46. The highest BCUT2D eigenvalue weighted by Crippen LogP contribution is 2.18. The molecule has 0 unspecified atom stereocenters. The molecular weight excluding hydrogens is 238 g/mol. The zero-order valence-corrected chi connectivity index (χ0v) is 9.28. The molecule has 0 saturated carbocycles. The van der Waals surface area contributed by atoms with Crippen molar-refractivity contribution in [3.8, 4) is 5.75 Å². The quantitative estimate of drug-likeness (QED) is 0.194. The Balaban J connectivity index is 2.41. The molecule has 0 bridgehead atoms. The Labute approximate surface area is 101 Å². The van der Waals surface area contributed by atoms with E-state index in [4.69, 9.17) is 16.3 Å². The molecule has 0 amide bonds. The van der Waals surface area contributed by atoms with Gasteiger partial charge in [0.25, 0.3) is 6.47 Å². The summed E-state index contributed by atoms with van der Waals surface area (Å²) >= 11 is 0. The molecule has 9 heteroatoms. The van der Waals surface area contributed by atoms with E-state index >= 15 is 0 Å². The summed E-state index contributed by atoms with van der Waals surface area (Å²) in [6.45, 7) is 0.331. The Bertz CT molecular complexity index is 592. The van der Waals surface area contributed by atoms with Gasteiger partial charge in [-0.25, -0.2) is 20.9 Å². The number of hydrogen-bond acceptors (Lipinski definition) is 7. The summed E-state index contributed by atoms with van der Waals surface area (Å²) in [5, 5.41) is 7.67. The number of pyridine rings is 1. The number of hydrazone groups is 1. The first kappa shape index (κ1) is 11.8. The molecule has 94 valence electrons. The third-order valence-corrected chi connectivity index (χ3v) is 2.21. The van der Waals surface area contributed by atoms with E-state index in [1.807, 2.05) is 0 Å². The molecule has 0 aliphatic rings. The van der Waals surface area contributed by atoms with E-state index in [0.717, 1.165) is 5.69 Å². The molecular formula is C9H11N7O2. The zero-order valence-electron chi connectivity index (χ0n) is 9.28. The SMILES string of the molecule is NN/N=C(\N)Cc1ccc(OC=O)c2ncnn12. The molecule has 5 N–H and O–H groups in total. The number of carbonyl (C=O) groups is 1. The van der Waals surface area contributed by atoms with Crippen LogP contribution in [0.5, 0.6) is 5.75 Å². The van der Waals surface area contributed by atoms with Crippen LogP contribution >= 0.6 is 0 Å². The number of nitrogens with zero attached hydrogens (tertiary/aromatic N) is 4. The summed E-state index contributed by atoms with van der Waals surface area (Å²) in [6.07, 6.45) is 1.68. The van der Waals surface area contributed by atoms with Crippen molar-refractivity contribution in [1.29, 1.82) is 0 Å². The fourth-order valence-corrected chi connectivity index (χ4v) is 1.52. The monoisotopic (exact) mass is 249 g/mol. The number of rotatable bonds is 5. The van der Waals surface area contributed by atoms with Gasteiger partial charge < -0.3 is 10.5 Å². The van der Waals surface area contributed by atoms with Crippen LogP contribution in [0, 0.1) is 0 Å². The number of nitrogens with one attached hydrogen (secondary N) is 1.